The summed E-state index contributed by atoms with van der Waals surface area (Å²) in [5, 5.41) is 0. The van der Waals surface area contributed by atoms with E-state index in [9.17, 15) is 4.79 Å². The number of amides is 2. The monoisotopic (exact) mass is 321 g/mol. The van der Waals surface area contributed by atoms with Gasteiger partial charge in [0.05, 0.1) is 13.7 Å². The number of ether oxygens (including phenoxy) is 1. The molecule has 0 radical (unpaired) electrons. The average molecular weight is 322 g/mol. The van der Waals surface area contributed by atoms with E-state index in [4.69, 9.17) is 16.5 Å². The van der Waals surface area contributed by atoms with Crippen LogP contribution in [0.15, 0.2) is 28.8 Å². The fourth-order valence-electron chi connectivity index (χ4n) is 3.25. The Labute approximate surface area is 135 Å². The van der Waals surface area contributed by atoms with E-state index >= 15 is 0 Å². The highest BCUT2D eigenvalue weighted by atomic mass is 35.5. The first-order chi connectivity index (χ1) is 10.7. The van der Waals surface area contributed by atoms with Gasteiger partial charge in [-0.2, -0.15) is 4.51 Å². The van der Waals surface area contributed by atoms with Crippen molar-refractivity contribution in [2.45, 2.75) is 38.3 Å². The SMILES string of the molecule is COc1ccc(CN2C/C(=N/Cl)N(C3CCCC3)C2=O)cc1. The summed E-state index contributed by atoms with van der Waals surface area (Å²) >= 11 is 5.71. The van der Waals surface area contributed by atoms with Gasteiger partial charge >= 0.3 is 6.03 Å². The van der Waals surface area contributed by atoms with Crippen molar-refractivity contribution in [2.24, 2.45) is 4.51 Å². The summed E-state index contributed by atoms with van der Waals surface area (Å²) in [5.74, 6) is 1.49. The molecule has 1 aliphatic carbocycles. The van der Waals surface area contributed by atoms with Crippen molar-refractivity contribution in [1.82, 2.24) is 9.80 Å². The van der Waals surface area contributed by atoms with Crippen molar-refractivity contribution in [3.05, 3.63) is 29.8 Å². The van der Waals surface area contributed by atoms with Crippen LogP contribution in [0.5, 0.6) is 5.75 Å². The highest BCUT2D eigenvalue weighted by Gasteiger charge is 2.39. The Morgan fingerprint density at radius 2 is 1.95 bits per heavy atom. The lowest BCUT2D eigenvalue weighted by molar-refractivity contribution is 0.185. The van der Waals surface area contributed by atoms with Crippen LogP contribution < -0.4 is 4.74 Å². The maximum Gasteiger partial charge on any atom is 0.326 e. The lowest BCUT2D eigenvalue weighted by atomic mass is 10.2. The van der Waals surface area contributed by atoms with E-state index in [1.807, 2.05) is 24.3 Å². The minimum atomic E-state index is 0.0159. The molecule has 0 N–H and O–H groups in total. The second kappa shape index (κ2) is 6.57. The molecule has 0 atom stereocenters. The summed E-state index contributed by atoms with van der Waals surface area (Å²) < 4.78 is 8.97. The van der Waals surface area contributed by atoms with Gasteiger partial charge < -0.3 is 9.64 Å². The van der Waals surface area contributed by atoms with Crippen molar-refractivity contribution < 1.29 is 9.53 Å². The first kappa shape index (κ1) is 15.2. The van der Waals surface area contributed by atoms with Gasteiger partial charge in [0.15, 0.2) is 0 Å². The Morgan fingerprint density at radius 3 is 2.55 bits per heavy atom. The third-order valence-electron chi connectivity index (χ3n) is 4.41. The van der Waals surface area contributed by atoms with Gasteiger partial charge in [0, 0.05) is 24.4 Å². The smallest absolute Gasteiger partial charge is 0.326 e. The molecule has 1 saturated heterocycles. The first-order valence-electron chi connectivity index (χ1n) is 7.62. The molecule has 5 nitrogen and oxygen atoms in total. The molecule has 2 aliphatic rings. The van der Waals surface area contributed by atoms with Crippen LogP contribution in [0, 0.1) is 0 Å². The average Bonchev–Trinajstić information content (AvgIpc) is 3.16. The van der Waals surface area contributed by atoms with Gasteiger partial charge in [-0.3, -0.25) is 4.90 Å². The Kier molecular flexibility index (Phi) is 4.52. The number of carbonyl (C=O) groups is 1. The number of nitrogens with zero attached hydrogens (tertiary/aromatic N) is 3. The van der Waals surface area contributed by atoms with E-state index in [0.717, 1.165) is 24.2 Å². The summed E-state index contributed by atoms with van der Waals surface area (Å²) in [6, 6.07) is 8.03. The number of hydrogen-bond acceptors (Lipinski definition) is 3. The highest BCUT2D eigenvalue weighted by molar-refractivity contribution is 6.22. The van der Waals surface area contributed by atoms with Gasteiger partial charge in [-0.1, -0.05) is 25.0 Å². The fourth-order valence-corrected chi connectivity index (χ4v) is 3.38. The van der Waals surface area contributed by atoms with Crippen LogP contribution in [0.2, 0.25) is 0 Å². The first-order valence-corrected chi connectivity index (χ1v) is 7.95. The van der Waals surface area contributed by atoms with E-state index in [2.05, 4.69) is 4.51 Å². The molecule has 22 heavy (non-hydrogen) atoms. The number of rotatable bonds is 4. The third kappa shape index (κ3) is 2.90. The number of amidine groups is 1. The van der Waals surface area contributed by atoms with Gasteiger partial charge in [0.25, 0.3) is 0 Å². The van der Waals surface area contributed by atoms with Gasteiger partial charge in [0.1, 0.15) is 11.6 Å². The molecular weight excluding hydrogens is 302 g/mol. The van der Waals surface area contributed by atoms with Gasteiger partial charge in [-0.15, -0.1) is 0 Å². The molecule has 1 aromatic rings. The van der Waals surface area contributed by atoms with Crippen LogP contribution in [0.1, 0.15) is 31.2 Å². The molecular formula is C16H20ClN3O2. The fraction of sp³-hybridized carbons (Fsp3) is 0.500. The largest absolute Gasteiger partial charge is 0.497 e. The van der Waals surface area contributed by atoms with Gasteiger partial charge in [-0.25, -0.2) is 4.79 Å². The van der Waals surface area contributed by atoms with E-state index in [1.165, 1.54) is 12.8 Å². The van der Waals surface area contributed by atoms with Gasteiger partial charge in [-0.05, 0) is 30.5 Å². The third-order valence-corrected chi connectivity index (χ3v) is 4.60. The molecule has 0 unspecified atom stereocenters. The molecule has 1 aromatic carbocycles. The summed E-state index contributed by atoms with van der Waals surface area (Å²) in [6.07, 6.45) is 4.42. The van der Waals surface area contributed by atoms with Crippen LogP contribution >= 0.6 is 11.8 Å². The number of benzene rings is 1. The predicted octanol–water partition coefficient (Wildman–Crippen LogP) is 3.43. The van der Waals surface area contributed by atoms with Crippen LogP contribution in [0.4, 0.5) is 4.79 Å². The molecule has 6 heteroatoms. The van der Waals surface area contributed by atoms with E-state index in [0.29, 0.717) is 18.9 Å². The summed E-state index contributed by atoms with van der Waals surface area (Å²) in [4.78, 5) is 16.3. The molecule has 0 bridgehead atoms. The Balaban J connectivity index is 1.72. The van der Waals surface area contributed by atoms with E-state index in [-0.39, 0.29) is 12.1 Å². The summed E-state index contributed by atoms with van der Waals surface area (Å²) in [5.41, 5.74) is 1.07. The minimum absolute atomic E-state index is 0.0159. The van der Waals surface area contributed by atoms with Crippen molar-refractivity contribution >= 4 is 23.6 Å². The molecule has 118 valence electrons. The van der Waals surface area contributed by atoms with Gasteiger partial charge in [0.2, 0.25) is 0 Å². The standard InChI is InChI=1S/C16H20ClN3O2/c1-22-14-8-6-12(7-9-14)10-19-11-15(18-17)20(16(19)21)13-4-2-3-5-13/h6-9,13H,2-5,10-11H2,1H3/b18-15-. The number of methoxy groups -OCH3 is 1. The van der Waals surface area contributed by atoms with E-state index < -0.39 is 0 Å². The maximum atomic E-state index is 12.7. The zero-order valence-electron chi connectivity index (χ0n) is 12.7. The van der Waals surface area contributed by atoms with Crippen LogP contribution in [-0.2, 0) is 6.54 Å². The number of urea groups is 1. The zero-order chi connectivity index (χ0) is 15.5. The molecule has 2 amide bonds. The van der Waals surface area contributed by atoms with E-state index in [1.54, 1.807) is 16.9 Å². The van der Waals surface area contributed by atoms with Crippen molar-refractivity contribution in [2.75, 3.05) is 13.7 Å². The van der Waals surface area contributed by atoms with Crippen molar-refractivity contribution in [1.29, 1.82) is 0 Å². The molecule has 1 saturated carbocycles. The molecule has 0 aromatic heterocycles. The molecule has 3 rings (SSSR count). The summed E-state index contributed by atoms with van der Waals surface area (Å²) in [7, 11) is 1.64. The number of hydrogen-bond donors (Lipinski definition) is 0. The van der Waals surface area contributed by atoms with Crippen LogP contribution in [-0.4, -0.2) is 41.4 Å². The number of halogens is 1. The lowest BCUT2D eigenvalue weighted by Gasteiger charge is -2.23. The molecule has 0 spiro atoms. The summed E-state index contributed by atoms with van der Waals surface area (Å²) in [6.45, 7) is 1.03. The quantitative estimate of drug-likeness (QED) is 0.853. The Hall–Kier alpha value is -1.75. The predicted molar refractivity (Wildman–Crippen MR) is 86.2 cm³/mol. The second-order valence-electron chi connectivity index (χ2n) is 5.80. The Morgan fingerprint density at radius 1 is 1.27 bits per heavy atom. The maximum absolute atomic E-state index is 12.7. The molecule has 1 heterocycles. The van der Waals surface area contributed by atoms with Crippen molar-refractivity contribution in [3.8, 4) is 5.75 Å². The second-order valence-corrected chi connectivity index (χ2v) is 5.96. The molecule has 2 fully saturated rings. The van der Waals surface area contributed by atoms with Crippen molar-refractivity contribution in [3.63, 3.8) is 0 Å². The highest BCUT2D eigenvalue weighted by Crippen LogP contribution is 2.28. The topological polar surface area (TPSA) is 45.1 Å². The molecule has 1 aliphatic heterocycles. The van der Waals surface area contributed by atoms with Crippen LogP contribution in [0.3, 0.4) is 0 Å². The normalized spacial score (nSPS) is 21.2. The minimum Gasteiger partial charge on any atom is -0.497 e. The van der Waals surface area contributed by atoms with Crippen LogP contribution in [0.25, 0.3) is 0 Å². The zero-order valence-corrected chi connectivity index (χ0v) is 13.4. The number of carbonyl (C=O) groups excluding carboxylic acids is 1. The lowest BCUT2D eigenvalue weighted by Crippen LogP contribution is -2.39. The Bertz CT molecular complexity index is 567.